The van der Waals surface area contributed by atoms with Crippen LogP contribution in [0.2, 0.25) is 0 Å². The second-order valence-electron chi connectivity index (χ2n) is 9.89. The van der Waals surface area contributed by atoms with Crippen LogP contribution in [-0.2, 0) is 0 Å². The third-order valence-corrected chi connectivity index (χ3v) is 7.20. The van der Waals surface area contributed by atoms with Gasteiger partial charge in [-0.1, -0.05) is 49.2 Å². The average molecular weight is 483 g/mol. The van der Waals surface area contributed by atoms with Crippen molar-refractivity contribution in [3.8, 4) is 5.69 Å². The number of aromatic nitrogens is 4. The Hall–Kier alpha value is -3.74. The molecule has 1 saturated heterocycles. The maximum Gasteiger partial charge on any atom is 0.253 e. The van der Waals surface area contributed by atoms with E-state index in [2.05, 4.69) is 49.9 Å². The Morgan fingerprint density at radius 1 is 0.889 bits per heavy atom. The van der Waals surface area contributed by atoms with Crippen LogP contribution in [0.25, 0.3) is 16.7 Å². The molecule has 7 heteroatoms. The predicted molar refractivity (Wildman–Crippen MR) is 144 cm³/mol. The number of anilines is 1. The van der Waals surface area contributed by atoms with Gasteiger partial charge in [-0.15, -0.1) is 0 Å². The quantitative estimate of drug-likeness (QED) is 0.390. The predicted octanol–water partition coefficient (Wildman–Crippen LogP) is 5.22. The highest BCUT2D eigenvalue weighted by atomic mass is 16.2. The summed E-state index contributed by atoms with van der Waals surface area (Å²) >= 11 is 0. The molecule has 1 fully saturated rings. The molecule has 1 aliphatic rings. The number of hydrogen-bond acceptors (Lipinski definition) is 5. The molecule has 0 N–H and O–H groups in total. The summed E-state index contributed by atoms with van der Waals surface area (Å²) in [7, 11) is 0. The summed E-state index contributed by atoms with van der Waals surface area (Å²) in [4.78, 5) is 27.4. The first-order chi connectivity index (χ1) is 17.4. The Balaban J connectivity index is 1.49. The van der Waals surface area contributed by atoms with Crippen LogP contribution in [0, 0.1) is 20.8 Å². The monoisotopic (exact) mass is 482 g/mol. The highest BCUT2D eigenvalue weighted by molar-refractivity contribution is 5.95. The lowest BCUT2D eigenvalue weighted by molar-refractivity contribution is 0.0746. The molecule has 4 aromatic rings. The molecule has 36 heavy (non-hydrogen) atoms. The van der Waals surface area contributed by atoms with Gasteiger partial charge in [0.15, 0.2) is 5.65 Å². The lowest BCUT2D eigenvalue weighted by Gasteiger charge is -2.36. The van der Waals surface area contributed by atoms with Gasteiger partial charge in [-0.2, -0.15) is 5.10 Å². The standard InChI is InChI=1S/C29H34N6O/c1-6-21(4)26-30-27(25-22(5)32-35(28(25)31-26)24-13-9-20(3)10-14-24)33-15-17-34(18-16-33)29(36)23-11-7-19(2)8-12-23/h7-14,21H,6,15-18H2,1-5H3. The zero-order valence-electron chi connectivity index (χ0n) is 21.8. The summed E-state index contributed by atoms with van der Waals surface area (Å²) in [6.45, 7) is 13.2. The van der Waals surface area contributed by atoms with E-state index < -0.39 is 0 Å². The van der Waals surface area contributed by atoms with Gasteiger partial charge in [-0.05, 0) is 51.5 Å². The summed E-state index contributed by atoms with van der Waals surface area (Å²) in [6.07, 6.45) is 0.960. The van der Waals surface area contributed by atoms with E-state index in [1.165, 1.54) is 5.56 Å². The normalized spacial score (nSPS) is 14.9. The van der Waals surface area contributed by atoms with Gasteiger partial charge in [0.05, 0.1) is 16.8 Å². The van der Waals surface area contributed by atoms with E-state index in [9.17, 15) is 4.79 Å². The summed E-state index contributed by atoms with van der Waals surface area (Å²) < 4.78 is 1.94. The molecule has 1 atom stereocenters. The molecule has 186 valence electrons. The number of benzene rings is 2. The number of piperazine rings is 1. The smallest absolute Gasteiger partial charge is 0.253 e. The van der Waals surface area contributed by atoms with Gasteiger partial charge in [-0.3, -0.25) is 4.79 Å². The van der Waals surface area contributed by atoms with Gasteiger partial charge in [0.1, 0.15) is 11.6 Å². The lowest BCUT2D eigenvalue weighted by atomic mass is 10.1. The molecule has 1 unspecified atom stereocenters. The molecule has 0 radical (unpaired) electrons. The van der Waals surface area contributed by atoms with Crippen molar-refractivity contribution >= 4 is 22.8 Å². The Kier molecular flexibility index (Phi) is 6.48. The minimum atomic E-state index is 0.0890. The zero-order valence-corrected chi connectivity index (χ0v) is 21.8. The van der Waals surface area contributed by atoms with Crippen LogP contribution in [0.3, 0.4) is 0 Å². The van der Waals surface area contributed by atoms with Gasteiger partial charge in [0, 0.05) is 37.7 Å². The highest BCUT2D eigenvalue weighted by Crippen LogP contribution is 2.32. The Morgan fingerprint density at radius 2 is 1.50 bits per heavy atom. The molecule has 5 rings (SSSR count). The Morgan fingerprint density at radius 3 is 2.11 bits per heavy atom. The van der Waals surface area contributed by atoms with Crippen molar-refractivity contribution in [2.45, 2.75) is 47.0 Å². The van der Waals surface area contributed by atoms with Crippen LogP contribution in [-0.4, -0.2) is 56.7 Å². The molecular weight excluding hydrogens is 448 g/mol. The van der Waals surface area contributed by atoms with Crippen LogP contribution in [0.5, 0.6) is 0 Å². The van der Waals surface area contributed by atoms with Crippen molar-refractivity contribution in [3.63, 3.8) is 0 Å². The van der Waals surface area contributed by atoms with E-state index in [1.807, 2.05) is 47.7 Å². The summed E-state index contributed by atoms with van der Waals surface area (Å²) in [5, 5.41) is 5.87. The van der Waals surface area contributed by atoms with Gasteiger partial charge in [-0.25, -0.2) is 14.6 Å². The largest absolute Gasteiger partial charge is 0.352 e. The Labute approximate surface area is 212 Å². The number of amides is 1. The maximum absolute atomic E-state index is 13.1. The van der Waals surface area contributed by atoms with E-state index in [4.69, 9.17) is 15.1 Å². The second kappa shape index (κ2) is 9.72. The third kappa shape index (κ3) is 4.45. The molecular formula is C29H34N6O. The molecule has 2 aromatic heterocycles. The van der Waals surface area contributed by atoms with Crippen LogP contribution in [0.15, 0.2) is 48.5 Å². The minimum Gasteiger partial charge on any atom is -0.352 e. The molecule has 1 amide bonds. The number of fused-ring (bicyclic) bond motifs is 1. The summed E-state index contributed by atoms with van der Waals surface area (Å²) in [6, 6.07) is 16.2. The number of aryl methyl sites for hydroxylation is 3. The lowest BCUT2D eigenvalue weighted by Crippen LogP contribution is -2.49. The van der Waals surface area contributed by atoms with Gasteiger partial charge < -0.3 is 9.80 Å². The first-order valence-corrected chi connectivity index (χ1v) is 12.8. The third-order valence-electron chi connectivity index (χ3n) is 7.20. The van der Waals surface area contributed by atoms with E-state index in [0.29, 0.717) is 13.1 Å². The number of rotatable bonds is 5. The van der Waals surface area contributed by atoms with E-state index >= 15 is 0 Å². The minimum absolute atomic E-state index is 0.0890. The van der Waals surface area contributed by atoms with Crippen LogP contribution in [0.1, 0.15) is 59.2 Å². The molecule has 7 nitrogen and oxygen atoms in total. The van der Waals surface area contributed by atoms with E-state index in [1.54, 1.807) is 0 Å². The summed E-state index contributed by atoms with van der Waals surface area (Å²) in [5.41, 5.74) is 5.85. The number of carbonyl (C=O) groups is 1. The molecule has 0 saturated carbocycles. The molecule has 0 bridgehead atoms. The van der Waals surface area contributed by atoms with Crippen molar-refractivity contribution in [1.29, 1.82) is 0 Å². The van der Waals surface area contributed by atoms with Crippen molar-refractivity contribution in [2.24, 2.45) is 0 Å². The Bertz CT molecular complexity index is 1380. The number of nitrogens with zero attached hydrogens (tertiary/aromatic N) is 6. The molecule has 2 aromatic carbocycles. The molecule has 1 aliphatic heterocycles. The first-order valence-electron chi connectivity index (χ1n) is 12.8. The van der Waals surface area contributed by atoms with Crippen molar-refractivity contribution < 1.29 is 4.79 Å². The SMILES string of the molecule is CCC(C)c1nc(N2CCN(C(=O)c3ccc(C)cc3)CC2)c2c(C)nn(-c3ccc(C)cc3)c2n1. The van der Waals surface area contributed by atoms with Crippen molar-refractivity contribution in [1.82, 2.24) is 24.6 Å². The van der Waals surface area contributed by atoms with Crippen LogP contribution in [0.4, 0.5) is 5.82 Å². The van der Waals surface area contributed by atoms with Crippen molar-refractivity contribution in [3.05, 3.63) is 76.7 Å². The topological polar surface area (TPSA) is 67.2 Å². The molecule has 0 spiro atoms. The number of hydrogen-bond donors (Lipinski definition) is 0. The fourth-order valence-electron chi connectivity index (χ4n) is 4.68. The van der Waals surface area contributed by atoms with Crippen LogP contribution < -0.4 is 4.90 Å². The number of carbonyl (C=O) groups excluding carboxylic acids is 1. The van der Waals surface area contributed by atoms with E-state index in [0.717, 1.165) is 64.7 Å². The van der Waals surface area contributed by atoms with Crippen LogP contribution >= 0.6 is 0 Å². The first kappa shape index (κ1) is 24.0. The fourth-order valence-corrected chi connectivity index (χ4v) is 4.68. The molecule has 3 heterocycles. The summed E-state index contributed by atoms with van der Waals surface area (Å²) in [5.74, 6) is 2.09. The van der Waals surface area contributed by atoms with Gasteiger partial charge in [0.2, 0.25) is 0 Å². The highest BCUT2D eigenvalue weighted by Gasteiger charge is 2.27. The maximum atomic E-state index is 13.1. The average Bonchev–Trinajstić information content (AvgIpc) is 3.24. The fraction of sp³-hybridized carbons (Fsp3) is 0.379. The zero-order chi connectivity index (χ0) is 25.4. The molecule has 0 aliphatic carbocycles. The van der Waals surface area contributed by atoms with Crippen molar-refractivity contribution in [2.75, 3.05) is 31.1 Å². The second-order valence-corrected chi connectivity index (χ2v) is 9.89. The van der Waals surface area contributed by atoms with Gasteiger partial charge >= 0.3 is 0 Å². The van der Waals surface area contributed by atoms with E-state index in [-0.39, 0.29) is 11.8 Å². The van der Waals surface area contributed by atoms with Gasteiger partial charge in [0.25, 0.3) is 5.91 Å².